The Morgan fingerprint density at radius 2 is 1.70 bits per heavy atom. The summed E-state index contributed by atoms with van der Waals surface area (Å²) in [6.45, 7) is -0.587. The maximum absolute atomic E-state index is 14.0. The van der Waals surface area contributed by atoms with Gasteiger partial charge in [0.05, 0.1) is 11.6 Å². The minimum Gasteiger partial charge on any atom is -0.487 e. The molecule has 2 aromatic carbocycles. The van der Waals surface area contributed by atoms with Crippen LogP contribution >= 0.6 is 11.6 Å². The van der Waals surface area contributed by atoms with Crippen molar-refractivity contribution in [2.75, 3.05) is 13.7 Å². The van der Waals surface area contributed by atoms with E-state index in [0.29, 0.717) is 23.0 Å². The van der Waals surface area contributed by atoms with E-state index in [-0.39, 0.29) is 36.0 Å². The summed E-state index contributed by atoms with van der Waals surface area (Å²) in [4.78, 5) is 22.0. The average Bonchev–Trinajstić information content (AvgIpc) is 3.01. The summed E-state index contributed by atoms with van der Waals surface area (Å²) < 4.78 is 50.8. The zero-order valence-corrected chi connectivity index (χ0v) is 24.4. The fourth-order valence-electron chi connectivity index (χ4n) is 5.65. The summed E-state index contributed by atoms with van der Waals surface area (Å²) in [5, 5.41) is 39.6. The smallest absolute Gasteiger partial charge is 0.261 e. The monoisotopic (exact) mass is 642 g/mol. The molecular formula is C30H33ClF2O11. The van der Waals surface area contributed by atoms with Crippen molar-refractivity contribution in [3.05, 3.63) is 64.2 Å². The lowest BCUT2D eigenvalue weighted by Crippen LogP contribution is -2.67. The highest BCUT2D eigenvalue weighted by molar-refractivity contribution is 6.33. The number of methoxy groups -OCH3 is 1. The molecule has 3 aliphatic rings. The van der Waals surface area contributed by atoms with Crippen molar-refractivity contribution in [1.29, 1.82) is 0 Å². The van der Waals surface area contributed by atoms with Crippen LogP contribution in [0.3, 0.4) is 0 Å². The number of aldehydes is 1. The highest BCUT2D eigenvalue weighted by Gasteiger charge is 2.69. The van der Waals surface area contributed by atoms with Crippen LogP contribution in [0.25, 0.3) is 6.08 Å². The number of aliphatic hydroxyl groups is 4. The number of rotatable bonds is 10. The molecule has 5 rings (SSSR count). The first-order chi connectivity index (χ1) is 21.0. The zero-order chi connectivity index (χ0) is 31.7. The van der Waals surface area contributed by atoms with Crippen molar-refractivity contribution < 1.29 is 62.7 Å². The van der Waals surface area contributed by atoms with Gasteiger partial charge < -0.3 is 39.4 Å². The SMILES string of the molecule is COC1(c2ccc(/C=C/C=O)c(OCc3ccc(OC4OC(CO)C(O)C(O)C4O)cc3)c2Cl)OOC12CCC(F)(F)CC2. The van der Waals surface area contributed by atoms with Gasteiger partial charge in [-0.25, -0.2) is 13.7 Å². The van der Waals surface area contributed by atoms with Crippen LogP contribution in [-0.4, -0.2) is 82.7 Å². The number of carbonyl (C=O) groups excluding carboxylic acids is 1. The zero-order valence-electron chi connectivity index (χ0n) is 23.6. The van der Waals surface area contributed by atoms with Gasteiger partial charge in [-0.15, -0.1) is 0 Å². The van der Waals surface area contributed by atoms with E-state index in [9.17, 15) is 34.0 Å². The predicted octanol–water partition coefficient (Wildman–Crippen LogP) is 3.02. The fraction of sp³-hybridized carbons (Fsp3) is 0.500. The van der Waals surface area contributed by atoms with E-state index < -0.39 is 67.5 Å². The van der Waals surface area contributed by atoms with Crippen molar-refractivity contribution in [3.8, 4) is 11.5 Å². The van der Waals surface area contributed by atoms with E-state index in [2.05, 4.69) is 0 Å². The Morgan fingerprint density at radius 1 is 1.00 bits per heavy atom. The number of carbonyl (C=O) groups is 1. The van der Waals surface area contributed by atoms with Crippen molar-refractivity contribution >= 4 is 24.0 Å². The third-order valence-electron chi connectivity index (χ3n) is 8.24. The molecule has 1 saturated carbocycles. The highest BCUT2D eigenvalue weighted by atomic mass is 35.5. The minimum absolute atomic E-state index is 0.000133. The Balaban J connectivity index is 1.34. The average molecular weight is 643 g/mol. The van der Waals surface area contributed by atoms with Crippen LogP contribution in [0.15, 0.2) is 42.5 Å². The number of hydrogen-bond acceptors (Lipinski definition) is 11. The minimum atomic E-state index is -2.82. The van der Waals surface area contributed by atoms with Crippen LogP contribution in [0.4, 0.5) is 8.78 Å². The van der Waals surface area contributed by atoms with E-state index >= 15 is 0 Å². The van der Waals surface area contributed by atoms with E-state index in [1.54, 1.807) is 36.4 Å². The van der Waals surface area contributed by atoms with Gasteiger partial charge >= 0.3 is 0 Å². The van der Waals surface area contributed by atoms with Gasteiger partial charge in [-0.1, -0.05) is 35.9 Å². The van der Waals surface area contributed by atoms with Gasteiger partial charge in [0.2, 0.25) is 12.2 Å². The molecule has 2 aliphatic heterocycles. The number of ether oxygens (including phenoxy) is 4. The lowest BCUT2D eigenvalue weighted by Gasteiger charge is -2.57. The van der Waals surface area contributed by atoms with E-state index in [1.165, 1.54) is 19.3 Å². The van der Waals surface area contributed by atoms with Gasteiger partial charge in [-0.2, -0.15) is 4.89 Å². The predicted molar refractivity (Wildman–Crippen MR) is 149 cm³/mol. The van der Waals surface area contributed by atoms with Gasteiger partial charge in [0.1, 0.15) is 48.8 Å². The van der Waals surface area contributed by atoms with Gasteiger partial charge in [0.15, 0.2) is 5.60 Å². The Labute approximate surface area is 256 Å². The molecule has 0 aromatic heterocycles. The first-order valence-electron chi connectivity index (χ1n) is 13.9. The molecule has 0 radical (unpaired) electrons. The normalized spacial score (nSPS) is 31.0. The molecule has 11 nitrogen and oxygen atoms in total. The summed E-state index contributed by atoms with van der Waals surface area (Å²) in [6, 6.07) is 9.71. The third kappa shape index (κ3) is 5.96. The number of allylic oxidation sites excluding steroid dienone is 1. The first kappa shape index (κ1) is 32.7. The largest absolute Gasteiger partial charge is 0.487 e. The van der Waals surface area contributed by atoms with E-state index in [1.807, 2.05) is 0 Å². The number of halogens is 3. The van der Waals surface area contributed by atoms with Crippen LogP contribution in [-0.2, 0) is 36.4 Å². The second kappa shape index (κ2) is 12.9. The highest BCUT2D eigenvalue weighted by Crippen LogP contribution is 2.60. The Kier molecular flexibility index (Phi) is 9.61. The molecule has 2 aromatic rings. The molecular weight excluding hydrogens is 610 g/mol. The second-order valence-corrected chi connectivity index (χ2v) is 11.3. The molecule has 2 heterocycles. The number of hydrogen-bond donors (Lipinski definition) is 4. The molecule has 3 fully saturated rings. The lowest BCUT2D eigenvalue weighted by molar-refractivity contribution is -0.624. The van der Waals surface area contributed by atoms with E-state index in [0.717, 1.165) is 0 Å². The van der Waals surface area contributed by atoms with Crippen LogP contribution in [0, 0.1) is 0 Å². The van der Waals surface area contributed by atoms with Crippen LogP contribution < -0.4 is 9.47 Å². The molecule has 6 unspecified atom stereocenters. The van der Waals surface area contributed by atoms with E-state index in [4.69, 9.17) is 40.3 Å². The summed E-state index contributed by atoms with van der Waals surface area (Å²) in [5.74, 6) is -3.93. The molecule has 0 amide bonds. The third-order valence-corrected chi connectivity index (χ3v) is 8.61. The van der Waals surface area contributed by atoms with Crippen LogP contribution in [0.5, 0.6) is 11.5 Å². The van der Waals surface area contributed by atoms with Crippen molar-refractivity contribution in [1.82, 2.24) is 0 Å². The molecule has 0 bridgehead atoms. The summed E-state index contributed by atoms with van der Waals surface area (Å²) >= 11 is 6.86. The molecule has 1 spiro atoms. The van der Waals surface area contributed by atoms with Gasteiger partial charge in [0.25, 0.3) is 5.79 Å². The molecule has 2 saturated heterocycles. The molecule has 6 atom stereocenters. The quantitative estimate of drug-likeness (QED) is 0.172. The number of alkyl halides is 2. The lowest BCUT2D eigenvalue weighted by atomic mass is 9.73. The van der Waals surface area contributed by atoms with Crippen molar-refractivity contribution in [3.63, 3.8) is 0 Å². The van der Waals surface area contributed by atoms with Crippen LogP contribution in [0.2, 0.25) is 5.02 Å². The summed E-state index contributed by atoms with van der Waals surface area (Å²) in [7, 11) is 1.38. The second-order valence-electron chi connectivity index (χ2n) is 10.9. The summed E-state index contributed by atoms with van der Waals surface area (Å²) in [6.07, 6.45) is -4.59. The van der Waals surface area contributed by atoms with Gasteiger partial charge in [0, 0.05) is 31.1 Å². The molecule has 14 heteroatoms. The molecule has 240 valence electrons. The van der Waals surface area contributed by atoms with Crippen molar-refractivity contribution in [2.24, 2.45) is 0 Å². The Morgan fingerprint density at radius 3 is 2.30 bits per heavy atom. The molecule has 4 N–H and O–H groups in total. The summed E-state index contributed by atoms with van der Waals surface area (Å²) in [5.41, 5.74) is 0.263. The number of aliphatic hydroxyl groups excluding tert-OH is 4. The molecule has 44 heavy (non-hydrogen) atoms. The molecule has 1 aliphatic carbocycles. The topological polar surface area (TPSA) is 153 Å². The van der Waals surface area contributed by atoms with Gasteiger partial charge in [-0.3, -0.25) is 4.79 Å². The first-order valence-corrected chi connectivity index (χ1v) is 14.3. The Hall–Kier alpha value is -2.72. The van der Waals surface area contributed by atoms with Gasteiger partial charge in [-0.05, 0) is 42.7 Å². The van der Waals surface area contributed by atoms with Crippen molar-refractivity contribution in [2.45, 2.75) is 80.3 Å². The maximum Gasteiger partial charge on any atom is 0.261 e. The standard InChI is InChI=1S/C30H33ClF2O11/c1-39-30(28(43-44-30)10-12-29(32,33)13-11-28)20-9-6-18(3-2-14-34)26(22(20)31)40-16-17-4-7-19(8-5-17)41-27-25(38)24(37)23(36)21(15-35)42-27/h2-9,14,21,23-25,27,35-38H,10-13,15-16H2,1H3/b3-2+. The van der Waals surface area contributed by atoms with Crippen LogP contribution in [0.1, 0.15) is 42.4 Å². The maximum atomic E-state index is 14.0. The number of benzene rings is 2. The fourth-order valence-corrected chi connectivity index (χ4v) is 6.00. The Bertz CT molecular complexity index is 1340.